The number of rotatable bonds is 7. The highest BCUT2D eigenvalue weighted by Crippen LogP contribution is 2.31. The summed E-state index contributed by atoms with van der Waals surface area (Å²) in [7, 11) is -4.07. The smallest absolute Gasteiger partial charge is 0.243 e. The molecule has 0 saturated carbocycles. The van der Waals surface area contributed by atoms with Gasteiger partial charge in [0, 0.05) is 22.2 Å². The van der Waals surface area contributed by atoms with Crippen molar-refractivity contribution in [2.75, 3.05) is 11.9 Å². The van der Waals surface area contributed by atoms with E-state index in [1.165, 1.54) is 12.1 Å². The molecule has 0 spiro atoms. The number of para-hydroxylation sites is 1. The minimum absolute atomic E-state index is 0.0369. The minimum atomic E-state index is -4.07. The number of amides is 1. The van der Waals surface area contributed by atoms with Crippen LogP contribution in [0, 0.1) is 6.92 Å². The Labute approximate surface area is 206 Å². The lowest BCUT2D eigenvalue weighted by molar-refractivity contribution is -0.116. The summed E-state index contributed by atoms with van der Waals surface area (Å²) in [6.07, 6.45) is 0. The van der Waals surface area contributed by atoms with Gasteiger partial charge in [0.25, 0.3) is 0 Å². The molecule has 3 rings (SSSR count). The van der Waals surface area contributed by atoms with Gasteiger partial charge in [-0.25, -0.2) is 8.42 Å². The van der Waals surface area contributed by atoms with Crippen LogP contribution in [0.15, 0.2) is 65.6 Å². The molecule has 32 heavy (non-hydrogen) atoms. The molecule has 0 unspecified atom stereocenters. The van der Waals surface area contributed by atoms with Crippen LogP contribution in [0.3, 0.4) is 0 Å². The molecule has 0 atom stereocenters. The lowest BCUT2D eigenvalue weighted by Gasteiger charge is -2.23. The number of hydrogen-bond donors (Lipinski definition) is 1. The molecule has 0 fully saturated rings. The maximum Gasteiger partial charge on any atom is 0.243 e. The number of nitrogens with zero attached hydrogens (tertiary/aromatic N) is 1. The zero-order chi connectivity index (χ0) is 23.5. The molecule has 3 aromatic carbocycles. The van der Waals surface area contributed by atoms with Crippen molar-refractivity contribution in [2.45, 2.75) is 18.4 Å². The Hall–Kier alpha value is -1.80. The average molecular weight is 532 g/mol. The first-order valence-electron chi connectivity index (χ1n) is 9.33. The van der Waals surface area contributed by atoms with E-state index in [-0.39, 0.29) is 37.2 Å². The number of anilines is 1. The first kappa shape index (κ1) is 24.8. The van der Waals surface area contributed by atoms with E-state index in [0.717, 1.165) is 9.87 Å². The highest BCUT2D eigenvalue weighted by Gasteiger charge is 2.28. The molecule has 10 heteroatoms. The molecule has 0 radical (unpaired) electrons. The van der Waals surface area contributed by atoms with Gasteiger partial charge in [-0.2, -0.15) is 4.31 Å². The van der Waals surface area contributed by atoms with Gasteiger partial charge in [-0.05, 0) is 43.3 Å². The number of carbonyl (C=O) groups is 1. The first-order valence-corrected chi connectivity index (χ1v) is 12.3. The molecule has 1 N–H and O–H groups in total. The number of hydrogen-bond acceptors (Lipinski definition) is 3. The van der Waals surface area contributed by atoms with Gasteiger partial charge in [0.15, 0.2) is 0 Å². The van der Waals surface area contributed by atoms with Crippen molar-refractivity contribution in [1.82, 2.24) is 4.31 Å². The van der Waals surface area contributed by atoms with Gasteiger partial charge >= 0.3 is 0 Å². The van der Waals surface area contributed by atoms with Gasteiger partial charge < -0.3 is 5.32 Å². The number of halogens is 4. The molecule has 0 aliphatic carbocycles. The van der Waals surface area contributed by atoms with Crippen LogP contribution in [0.2, 0.25) is 20.1 Å². The fourth-order valence-electron chi connectivity index (χ4n) is 2.90. The molecular weight excluding hydrogens is 514 g/mol. The van der Waals surface area contributed by atoms with Crippen LogP contribution in [0.5, 0.6) is 0 Å². The molecule has 0 aromatic heterocycles. The van der Waals surface area contributed by atoms with Crippen LogP contribution in [-0.4, -0.2) is 25.2 Å². The zero-order valence-corrected chi connectivity index (χ0v) is 20.6. The minimum Gasteiger partial charge on any atom is -0.322 e. The van der Waals surface area contributed by atoms with E-state index in [4.69, 9.17) is 46.4 Å². The lowest BCUT2D eigenvalue weighted by Crippen LogP contribution is -2.37. The number of aryl methyl sites for hydroxylation is 1. The number of carbonyl (C=O) groups excluding carboxylic acids is 1. The predicted molar refractivity (Wildman–Crippen MR) is 130 cm³/mol. The third-order valence-electron chi connectivity index (χ3n) is 4.60. The maximum atomic E-state index is 13.4. The van der Waals surface area contributed by atoms with Gasteiger partial charge in [0.2, 0.25) is 15.9 Å². The van der Waals surface area contributed by atoms with Crippen LogP contribution >= 0.6 is 46.4 Å². The van der Waals surface area contributed by atoms with E-state index < -0.39 is 22.5 Å². The van der Waals surface area contributed by atoms with Gasteiger partial charge in [-0.1, -0.05) is 76.2 Å². The monoisotopic (exact) mass is 530 g/mol. The standard InChI is InChI=1S/C22H18Cl4N2O3S/c1-14-8-10-15(11-9-14)32(30,31)28(12-16-17(23)4-2-5-18(16)24)13-21(29)27-22-19(25)6-3-7-20(22)26/h2-11H,12-13H2,1H3,(H,27,29). The first-order chi connectivity index (χ1) is 15.1. The van der Waals surface area contributed by atoms with E-state index in [1.54, 1.807) is 48.5 Å². The molecule has 3 aromatic rings. The van der Waals surface area contributed by atoms with Crippen molar-refractivity contribution in [3.8, 4) is 0 Å². The quantitative estimate of drug-likeness (QED) is 0.381. The largest absolute Gasteiger partial charge is 0.322 e. The second-order valence-electron chi connectivity index (χ2n) is 6.93. The topological polar surface area (TPSA) is 66.5 Å². The van der Waals surface area contributed by atoms with Crippen LogP contribution in [0.25, 0.3) is 0 Å². The van der Waals surface area contributed by atoms with E-state index in [0.29, 0.717) is 5.56 Å². The molecule has 0 heterocycles. The van der Waals surface area contributed by atoms with Crippen LogP contribution in [0.1, 0.15) is 11.1 Å². The molecule has 1 amide bonds. The fraction of sp³-hybridized carbons (Fsp3) is 0.136. The maximum absolute atomic E-state index is 13.4. The SMILES string of the molecule is Cc1ccc(S(=O)(=O)N(CC(=O)Nc2c(Cl)cccc2Cl)Cc2c(Cl)cccc2Cl)cc1. The summed E-state index contributed by atoms with van der Waals surface area (Å²) in [5, 5.41) is 3.62. The van der Waals surface area contributed by atoms with Crippen molar-refractivity contribution >= 4 is 68.0 Å². The molecule has 168 valence electrons. The molecule has 5 nitrogen and oxygen atoms in total. The number of benzene rings is 3. The number of nitrogens with one attached hydrogen (secondary N) is 1. The van der Waals surface area contributed by atoms with Crippen LogP contribution in [-0.2, 0) is 21.4 Å². The molecule has 0 bridgehead atoms. The second kappa shape index (κ2) is 10.4. The van der Waals surface area contributed by atoms with Crippen molar-refractivity contribution < 1.29 is 13.2 Å². The molecule has 0 saturated heterocycles. The summed E-state index contributed by atoms with van der Waals surface area (Å²) in [6, 6.07) is 15.9. The normalized spacial score (nSPS) is 11.6. The Morgan fingerprint density at radius 2 is 1.34 bits per heavy atom. The summed E-state index contributed by atoms with van der Waals surface area (Å²) >= 11 is 24.7. The van der Waals surface area contributed by atoms with E-state index in [1.807, 2.05) is 6.92 Å². The van der Waals surface area contributed by atoms with Crippen molar-refractivity contribution in [1.29, 1.82) is 0 Å². The Morgan fingerprint density at radius 3 is 1.88 bits per heavy atom. The van der Waals surface area contributed by atoms with Gasteiger partial charge in [0.05, 0.1) is 27.2 Å². The summed E-state index contributed by atoms with van der Waals surface area (Å²) in [5.41, 5.74) is 1.48. The van der Waals surface area contributed by atoms with Gasteiger partial charge in [-0.15, -0.1) is 0 Å². The molecule has 0 aliphatic rings. The van der Waals surface area contributed by atoms with Crippen LogP contribution < -0.4 is 5.32 Å². The Kier molecular flexibility index (Phi) is 8.09. The lowest BCUT2D eigenvalue weighted by atomic mass is 10.2. The highest BCUT2D eigenvalue weighted by atomic mass is 35.5. The zero-order valence-electron chi connectivity index (χ0n) is 16.8. The van der Waals surface area contributed by atoms with Crippen LogP contribution in [0.4, 0.5) is 5.69 Å². The number of sulfonamides is 1. The Morgan fingerprint density at radius 1 is 0.844 bits per heavy atom. The predicted octanol–water partition coefficient (Wildman–Crippen LogP) is 6.44. The molecule has 0 aliphatic heterocycles. The van der Waals surface area contributed by atoms with E-state index >= 15 is 0 Å². The summed E-state index contributed by atoms with van der Waals surface area (Å²) in [6.45, 7) is 1.12. The summed E-state index contributed by atoms with van der Waals surface area (Å²) in [4.78, 5) is 12.9. The Bertz CT molecular complexity index is 1210. The van der Waals surface area contributed by atoms with E-state index in [9.17, 15) is 13.2 Å². The third kappa shape index (κ3) is 5.76. The Balaban J connectivity index is 1.96. The van der Waals surface area contributed by atoms with Crippen molar-refractivity contribution in [3.63, 3.8) is 0 Å². The second-order valence-corrected chi connectivity index (χ2v) is 10.5. The third-order valence-corrected chi connectivity index (χ3v) is 7.75. The van der Waals surface area contributed by atoms with E-state index in [2.05, 4.69) is 5.32 Å². The van der Waals surface area contributed by atoms with Gasteiger partial charge in [-0.3, -0.25) is 4.79 Å². The van der Waals surface area contributed by atoms with Crippen molar-refractivity contribution in [3.05, 3.63) is 91.9 Å². The summed E-state index contributed by atoms with van der Waals surface area (Å²) < 4.78 is 27.8. The highest BCUT2D eigenvalue weighted by molar-refractivity contribution is 7.89. The molecular formula is C22H18Cl4N2O3S. The fourth-order valence-corrected chi connectivity index (χ4v) is 5.27. The average Bonchev–Trinajstić information content (AvgIpc) is 2.73. The van der Waals surface area contributed by atoms with Gasteiger partial charge in [0.1, 0.15) is 0 Å². The van der Waals surface area contributed by atoms with Crippen molar-refractivity contribution in [2.24, 2.45) is 0 Å². The summed E-state index contributed by atoms with van der Waals surface area (Å²) in [5.74, 6) is -0.626.